The first kappa shape index (κ1) is 12.2. The molecule has 0 aliphatic heterocycles. The highest BCUT2D eigenvalue weighted by molar-refractivity contribution is 5.85. The van der Waals surface area contributed by atoms with Crippen LogP contribution in [-0.2, 0) is 0 Å². The van der Waals surface area contributed by atoms with Gasteiger partial charge < -0.3 is 4.98 Å². The minimum Gasteiger partial charge on any atom is -0.313 e. The molecule has 2 N–H and O–H groups in total. The van der Waals surface area contributed by atoms with Crippen LogP contribution in [0.25, 0.3) is 11.3 Å². The lowest BCUT2D eigenvalue weighted by Crippen LogP contribution is -2.22. The SMILES string of the molecule is Cc1cccc(-c2c[nH]c(=O)[nH]c2=O)n1.Cl. The van der Waals surface area contributed by atoms with Crippen LogP contribution in [0.3, 0.4) is 0 Å². The molecule has 2 heterocycles. The number of hydrogen-bond donors (Lipinski definition) is 2. The van der Waals surface area contributed by atoms with Gasteiger partial charge in [-0.3, -0.25) is 14.8 Å². The summed E-state index contributed by atoms with van der Waals surface area (Å²) in [5.41, 5.74) is 0.775. The molecule has 16 heavy (non-hydrogen) atoms. The molecule has 2 rings (SSSR count). The van der Waals surface area contributed by atoms with E-state index in [2.05, 4.69) is 15.0 Å². The first-order valence-corrected chi connectivity index (χ1v) is 4.43. The number of aryl methyl sites for hydroxylation is 1. The Balaban J connectivity index is 0.00000128. The van der Waals surface area contributed by atoms with Gasteiger partial charge in [0.25, 0.3) is 5.56 Å². The monoisotopic (exact) mass is 239 g/mol. The molecule has 0 unspecified atom stereocenters. The lowest BCUT2D eigenvalue weighted by molar-refractivity contribution is 1.03. The van der Waals surface area contributed by atoms with E-state index in [0.29, 0.717) is 11.3 Å². The topological polar surface area (TPSA) is 78.6 Å². The van der Waals surface area contributed by atoms with Gasteiger partial charge in [0, 0.05) is 11.9 Å². The third-order valence-corrected chi connectivity index (χ3v) is 1.98. The van der Waals surface area contributed by atoms with Gasteiger partial charge in [0.05, 0.1) is 11.3 Å². The van der Waals surface area contributed by atoms with Crippen LogP contribution >= 0.6 is 12.4 Å². The molecule has 0 aromatic carbocycles. The van der Waals surface area contributed by atoms with E-state index in [-0.39, 0.29) is 12.4 Å². The smallest absolute Gasteiger partial charge is 0.313 e. The maximum atomic E-state index is 11.4. The normalized spacial score (nSPS) is 9.56. The van der Waals surface area contributed by atoms with Crippen molar-refractivity contribution in [3.05, 3.63) is 50.9 Å². The number of H-pyrrole nitrogens is 2. The molecular formula is C10H10ClN3O2. The van der Waals surface area contributed by atoms with Crippen molar-refractivity contribution < 1.29 is 0 Å². The fourth-order valence-corrected chi connectivity index (χ4v) is 1.29. The summed E-state index contributed by atoms with van der Waals surface area (Å²) >= 11 is 0. The van der Waals surface area contributed by atoms with Crippen molar-refractivity contribution in [1.29, 1.82) is 0 Å². The molecule has 5 nitrogen and oxygen atoms in total. The number of rotatable bonds is 1. The number of nitrogens with zero attached hydrogens (tertiary/aromatic N) is 1. The average molecular weight is 240 g/mol. The lowest BCUT2D eigenvalue weighted by Gasteiger charge is -1.99. The Morgan fingerprint density at radius 3 is 2.62 bits per heavy atom. The highest BCUT2D eigenvalue weighted by Gasteiger charge is 2.04. The molecule has 0 aliphatic rings. The van der Waals surface area contributed by atoms with Crippen molar-refractivity contribution in [3.63, 3.8) is 0 Å². The molecule has 2 aromatic heterocycles. The first-order valence-electron chi connectivity index (χ1n) is 4.43. The number of nitrogens with one attached hydrogen (secondary N) is 2. The van der Waals surface area contributed by atoms with Crippen LogP contribution in [0.15, 0.2) is 34.0 Å². The minimum absolute atomic E-state index is 0. The summed E-state index contributed by atoms with van der Waals surface area (Å²) in [5.74, 6) is 0. The van der Waals surface area contributed by atoms with E-state index in [1.165, 1.54) is 6.20 Å². The van der Waals surface area contributed by atoms with Gasteiger partial charge in [-0.2, -0.15) is 0 Å². The van der Waals surface area contributed by atoms with E-state index >= 15 is 0 Å². The second kappa shape index (κ2) is 4.76. The van der Waals surface area contributed by atoms with Crippen LogP contribution in [0.1, 0.15) is 5.69 Å². The molecule has 0 radical (unpaired) electrons. The van der Waals surface area contributed by atoms with E-state index in [4.69, 9.17) is 0 Å². The van der Waals surface area contributed by atoms with Gasteiger partial charge in [-0.25, -0.2) is 4.79 Å². The number of hydrogen-bond acceptors (Lipinski definition) is 3. The van der Waals surface area contributed by atoms with Gasteiger partial charge in [-0.05, 0) is 19.1 Å². The minimum atomic E-state index is -0.517. The molecule has 0 fully saturated rings. The van der Waals surface area contributed by atoms with Crippen molar-refractivity contribution >= 4 is 12.4 Å². The number of aromatic nitrogens is 3. The average Bonchev–Trinajstić information content (AvgIpc) is 2.17. The fraction of sp³-hybridized carbons (Fsp3) is 0.100. The van der Waals surface area contributed by atoms with E-state index in [1.807, 2.05) is 19.1 Å². The fourth-order valence-electron chi connectivity index (χ4n) is 1.29. The molecule has 0 bridgehead atoms. The zero-order valence-electron chi connectivity index (χ0n) is 8.48. The van der Waals surface area contributed by atoms with Crippen LogP contribution in [0.4, 0.5) is 0 Å². The molecule has 84 valence electrons. The Kier molecular flexibility index (Phi) is 3.63. The zero-order valence-corrected chi connectivity index (χ0v) is 9.30. The Morgan fingerprint density at radius 1 is 1.25 bits per heavy atom. The highest BCUT2D eigenvalue weighted by Crippen LogP contribution is 2.09. The Hall–Kier alpha value is -1.88. The van der Waals surface area contributed by atoms with Gasteiger partial charge >= 0.3 is 5.69 Å². The number of aromatic amines is 2. The van der Waals surface area contributed by atoms with Crippen LogP contribution in [0.5, 0.6) is 0 Å². The lowest BCUT2D eigenvalue weighted by atomic mass is 10.2. The molecule has 6 heteroatoms. The molecule has 0 spiro atoms. The van der Waals surface area contributed by atoms with Gasteiger partial charge in [0.15, 0.2) is 0 Å². The molecule has 0 atom stereocenters. The van der Waals surface area contributed by atoms with Crippen LogP contribution < -0.4 is 11.2 Å². The summed E-state index contributed by atoms with van der Waals surface area (Å²) in [6.45, 7) is 1.84. The molecular weight excluding hydrogens is 230 g/mol. The molecule has 0 saturated heterocycles. The van der Waals surface area contributed by atoms with Crippen molar-refractivity contribution in [2.75, 3.05) is 0 Å². The van der Waals surface area contributed by atoms with Gasteiger partial charge in [-0.15, -0.1) is 12.4 Å². The molecule has 0 aliphatic carbocycles. The van der Waals surface area contributed by atoms with Crippen LogP contribution in [0, 0.1) is 6.92 Å². The number of pyridine rings is 1. The summed E-state index contributed by atoms with van der Waals surface area (Å²) in [6, 6.07) is 5.36. The maximum absolute atomic E-state index is 11.4. The Labute approximate surface area is 97.0 Å². The summed E-state index contributed by atoms with van der Waals surface area (Å²) in [7, 11) is 0. The van der Waals surface area contributed by atoms with E-state index in [1.54, 1.807) is 6.07 Å². The number of halogens is 1. The predicted molar refractivity (Wildman–Crippen MR) is 62.9 cm³/mol. The first-order chi connectivity index (χ1) is 7.16. The summed E-state index contributed by atoms with van der Waals surface area (Å²) in [6.07, 6.45) is 1.36. The highest BCUT2D eigenvalue weighted by atomic mass is 35.5. The van der Waals surface area contributed by atoms with Gasteiger partial charge in [0.1, 0.15) is 0 Å². The van der Waals surface area contributed by atoms with Crippen LogP contribution in [0.2, 0.25) is 0 Å². The second-order valence-corrected chi connectivity index (χ2v) is 3.15. The van der Waals surface area contributed by atoms with Crippen molar-refractivity contribution in [3.8, 4) is 11.3 Å². The second-order valence-electron chi connectivity index (χ2n) is 3.15. The van der Waals surface area contributed by atoms with Crippen molar-refractivity contribution in [2.45, 2.75) is 6.92 Å². The van der Waals surface area contributed by atoms with E-state index in [9.17, 15) is 9.59 Å². The third-order valence-electron chi connectivity index (χ3n) is 1.98. The summed E-state index contributed by atoms with van der Waals surface area (Å²) < 4.78 is 0. The Morgan fingerprint density at radius 2 is 2.00 bits per heavy atom. The van der Waals surface area contributed by atoms with Gasteiger partial charge in [0.2, 0.25) is 0 Å². The largest absolute Gasteiger partial charge is 0.325 e. The third kappa shape index (κ3) is 2.38. The molecule has 2 aromatic rings. The molecule has 0 saturated carbocycles. The predicted octanol–water partition coefficient (Wildman–Crippen LogP) is 0.855. The van der Waals surface area contributed by atoms with E-state index in [0.717, 1.165) is 5.69 Å². The van der Waals surface area contributed by atoms with Gasteiger partial charge in [-0.1, -0.05) is 6.07 Å². The summed E-state index contributed by atoms with van der Waals surface area (Å²) in [5, 5.41) is 0. The van der Waals surface area contributed by atoms with Crippen molar-refractivity contribution in [2.24, 2.45) is 0 Å². The molecule has 0 amide bonds. The van der Waals surface area contributed by atoms with Crippen LogP contribution in [-0.4, -0.2) is 15.0 Å². The van der Waals surface area contributed by atoms with E-state index < -0.39 is 11.2 Å². The Bertz CT molecular complexity index is 603. The maximum Gasteiger partial charge on any atom is 0.325 e. The standard InChI is InChI=1S/C10H9N3O2.ClH/c1-6-3-2-4-8(12-6)7-5-11-10(15)13-9(7)14;/h2-5H,1H3,(H2,11,13,14,15);1H. The summed E-state index contributed by atoms with van der Waals surface area (Å²) in [4.78, 5) is 31.0. The quantitative estimate of drug-likeness (QED) is 0.775. The zero-order chi connectivity index (χ0) is 10.8. The van der Waals surface area contributed by atoms with Crippen molar-refractivity contribution in [1.82, 2.24) is 15.0 Å².